The molecule has 9 nitrogen and oxygen atoms in total. The molecule has 5 rings (SSSR count). The van der Waals surface area contributed by atoms with E-state index in [1.165, 1.54) is 5.69 Å². The van der Waals surface area contributed by atoms with Crippen molar-refractivity contribution in [3.8, 4) is 0 Å². The van der Waals surface area contributed by atoms with Crippen LogP contribution in [0.3, 0.4) is 0 Å². The predicted molar refractivity (Wildman–Crippen MR) is 114 cm³/mol. The molecule has 3 aromatic heterocycles. The molecule has 4 aromatic rings. The molecule has 0 bridgehead atoms. The summed E-state index contributed by atoms with van der Waals surface area (Å²) >= 11 is 0. The molecule has 0 radical (unpaired) electrons. The second-order valence-corrected chi connectivity index (χ2v) is 7.49. The molecule has 0 unspecified atom stereocenters. The van der Waals surface area contributed by atoms with Crippen molar-refractivity contribution in [3.05, 3.63) is 42.6 Å². The van der Waals surface area contributed by atoms with Crippen LogP contribution in [-0.4, -0.2) is 69.8 Å². The molecular formula is C20H23N9. The molecule has 0 amide bonds. The number of hydrogen-bond acceptors (Lipinski definition) is 8. The van der Waals surface area contributed by atoms with Crippen LogP contribution in [-0.2, 0) is 0 Å². The second kappa shape index (κ2) is 6.84. The van der Waals surface area contributed by atoms with Crippen LogP contribution in [0.15, 0.2) is 36.9 Å². The zero-order valence-electron chi connectivity index (χ0n) is 16.8. The van der Waals surface area contributed by atoms with Crippen LogP contribution in [0.2, 0.25) is 0 Å². The summed E-state index contributed by atoms with van der Waals surface area (Å²) in [4.78, 5) is 24.3. The van der Waals surface area contributed by atoms with Gasteiger partial charge in [-0.2, -0.15) is 14.6 Å². The van der Waals surface area contributed by atoms with Crippen molar-refractivity contribution in [3.63, 3.8) is 0 Å². The van der Waals surface area contributed by atoms with E-state index in [0.717, 1.165) is 54.4 Å². The van der Waals surface area contributed by atoms with Gasteiger partial charge in [0.15, 0.2) is 0 Å². The van der Waals surface area contributed by atoms with Crippen LogP contribution in [0.25, 0.3) is 16.7 Å². The number of aromatic nitrogens is 6. The summed E-state index contributed by atoms with van der Waals surface area (Å²) in [6, 6.07) is 8.51. The van der Waals surface area contributed by atoms with Gasteiger partial charge in [0.1, 0.15) is 24.3 Å². The fourth-order valence-electron chi connectivity index (χ4n) is 3.91. The summed E-state index contributed by atoms with van der Waals surface area (Å²) < 4.78 is 1.82. The standard InChI is InChI=1S/C20H23N9/c1-14-10-18(29-20(25-14)23-13-24-29)28-8-6-27(7-9-28)15-4-5-17-16(11-15)19(26(2)3)22-12-21-17/h4-5,10-13H,6-9H2,1-3H3. The highest BCUT2D eigenvalue weighted by Gasteiger charge is 2.21. The number of fused-ring (bicyclic) bond motifs is 2. The van der Waals surface area contributed by atoms with Gasteiger partial charge >= 0.3 is 0 Å². The number of piperazine rings is 1. The Hall–Kier alpha value is -3.49. The molecule has 29 heavy (non-hydrogen) atoms. The average molecular weight is 389 g/mol. The number of benzene rings is 1. The lowest BCUT2D eigenvalue weighted by Crippen LogP contribution is -2.47. The zero-order valence-corrected chi connectivity index (χ0v) is 16.8. The molecule has 1 aliphatic rings. The summed E-state index contributed by atoms with van der Waals surface area (Å²) in [6.45, 7) is 5.65. The SMILES string of the molecule is Cc1cc(N2CCN(c3ccc4ncnc(N(C)C)c4c3)CC2)n2ncnc2n1. The summed E-state index contributed by atoms with van der Waals surface area (Å²) in [5, 5.41) is 5.42. The minimum atomic E-state index is 0.646. The number of rotatable bonds is 3. The van der Waals surface area contributed by atoms with Gasteiger partial charge in [0, 0.05) is 63.1 Å². The Bertz CT molecular complexity index is 1180. The van der Waals surface area contributed by atoms with Gasteiger partial charge in [-0.3, -0.25) is 0 Å². The molecule has 1 fully saturated rings. The fourth-order valence-corrected chi connectivity index (χ4v) is 3.91. The molecule has 148 valence electrons. The number of hydrogen-bond donors (Lipinski definition) is 0. The highest BCUT2D eigenvalue weighted by atomic mass is 15.4. The number of aryl methyl sites for hydroxylation is 1. The first-order valence-electron chi connectivity index (χ1n) is 9.69. The van der Waals surface area contributed by atoms with Gasteiger partial charge < -0.3 is 14.7 Å². The summed E-state index contributed by atoms with van der Waals surface area (Å²) in [7, 11) is 4.02. The van der Waals surface area contributed by atoms with Gasteiger partial charge in [-0.15, -0.1) is 0 Å². The average Bonchev–Trinajstić information content (AvgIpc) is 3.20. The zero-order chi connectivity index (χ0) is 20.0. The van der Waals surface area contributed by atoms with E-state index in [-0.39, 0.29) is 0 Å². The first-order chi connectivity index (χ1) is 14.1. The van der Waals surface area contributed by atoms with Gasteiger partial charge in [-0.1, -0.05) is 0 Å². The van der Waals surface area contributed by atoms with Gasteiger partial charge in [0.05, 0.1) is 5.52 Å². The van der Waals surface area contributed by atoms with Crippen LogP contribution >= 0.6 is 0 Å². The minimum Gasteiger partial charge on any atom is -0.368 e. The Morgan fingerprint density at radius 1 is 0.897 bits per heavy atom. The van der Waals surface area contributed by atoms with E-state index in [1.54, 1.807) is 12.7 Å². The van der Waals surface area contributed by atoms with Crippen LogP contribution in [0.4, 0.5) is 17.3 Å². The topological polar surface area (TPSA) is 78.6 Å². The van der Waals surface area contributed by atoms with Crippen molar-refractivity contribution in [2.24, 2.45) is 0 Å². The van der Waals surface area contributed by atoms with E-state index < -0.39 is 0 Å². The highest BCUT2D eigenvalue weighted by Crippen LogP contribution is 2.28. The Balaban J connectivity index is 1.40. The van der Waals surface area contributed by atoms with E-state index in [0.29, 0.717) is 5.78 Å². The maximum Gasteiger partial charge on any atom is 0.254 e. The predicted octanol–water partition coefficient (Wildman–Crippen LogP) is 1.77. The molecule has 4 heterocycles. The van der Waals surface area contributed by atoms with Crippen LogP contribution in [0.1, 0.15) is 5.69 Å². The smallest absolute Gasteiger partial charge is 0.254 e. The van der Waals surface area contributed by atoms with E-state index in [4.69, 9.17) is 0 Å². The Kier molecular flexibility index (Phi) is 4.15. The maximum absolute atomic E-state index is 4.44. The number of anilines is 3. The monoisotopic (exact) mass is 389 g/mol. The lowest BCUT2D eigenvalue weighted by atomic mass is 10.1. The first-order valence-corrected chi connectivity index (χ1v) is 9.69. The van der Waals surface area contributed by atoms with Crippen molar-refractivity contribution < 1.29 is 0 Å². The fraction of sp³-hybridized carbons (Fsp3) is 0.350. The molecule has 0 saturated carbocycles. The normalized spacial score (nSPS) is 14.7. The molecule has 0 aliphatic carbocycles. The van der Waals surface area contributed by atoms with Crippen molar-refractivity contribution in [2.75, 3.05) is 55.0 Å². The van der Waals surface area contributed by atoms with Crippen molar-refractivity contribution in [1.82, 2.24) is 29.5 Å². The summed E-state index contributed by atoms with van der Waals surface area (Å²) in [5.41, 5.74) is 3.12. The van der Waals surface area contributed by atoms with Crippen molar-refractivity contribution in [1.29, 1.82) is 0 Å². The lowest BCUT2D eigenvalue weighted by Gasteiger charge is -2.37. The van der Waals surface area contributed by atoms with Gasteiger partial charge in [-0.25, -0.2) is 15.0 Å². The number of nitrogens with zero attached hydrogens (tertiary/aromatic N) is 9. The summed E-state index contributed by atoms with van der Waals surface area (Å²) in [5.74, 6) is 2.64. The first kappa shape index (κ1) is 17.6. The van der Waals surface area contributed by atoms with Crippen molar-refractivity contribution >= 4 is 34.0 Å². The Morgan fingerprint density at radius 3 is 2.48 bits per heavy atom. The van der Waals surface area contributed by atoms with E-state index in [9.17, 15) is 0 Å². The maximum atomic E-state index is 4.44. The quantitative estimate of drug-likeness (QED) is 0.525. The van der Waals surface area contributed by atoms with E-state index >= 15 is 0 Å². The second-order valence-electron chi connectivity index (χ2n) is 7.49. The van der Waals surface area contributed by atoms with Crippen LogP contribution in [0, 0.1) is 6.92 Å². The molecule has 1 aliphatic heterocycles. The molecular weight excluding hydrogens is 366 g/mol. The van der Waals surface area contributed by atoms with Crippen LogP contribution < -0.4 is 14.7 Å². The Labute approximate surface area is 168 Å². The largest absolute Gasteiger partial charge is 0.368 e. The molecule has 1 aromatic carbocycles. The molecule has 0 spiro atoms. The third kappa shape index (κ3) is 3.08. The van der Waals surface area contributed by atoms with Crippen LogP contribution in [0.5, 0.6) is 0 Å². The third-order valence-electron chi connectivity index (χ3n) is 5.35. The molecule has 0 N–H and O–H groups in total. The molecule has 1 saturated heterocycles. The van der Waals surface area contributed by atoms with E-state index in [2.05, 4.69) is 59.1 Å². The van der Waals surface area contributed by atoms with Crippen molar-refractivity contribution in [2.45, 2.75) is 6.92 Å². The van der Waals surface area contributed by atoms with E-state index in [1.807, 2.05) is 30.4 Å². The minimum absolute atomic E-state index is 0.646. The third-order valence-corrected chi connectivity index (χ3v) is 5.35. The summed E-state index contributed by atoms with van der Waals surface area (Å²) in [6.07, 6.45) is 3.18. The van der Waals surface area contributed by atoms with Gasteiger partial charge in [0.25, 0.3) is 5.78 Å². The molecule has 0 atom stereocenters. The molecule has 9 heteroatoms. The Morgan fingerprint density at radius 2 is 1.69 bits per heavy atom. The van der Waals surface area contributed by atoms with Gasteiger partial charge in [0.2, 0.25) is 0 Å². The lowest BCUT2D eigenvalue weighted by molar-refractivity contribution is 0.638. The highest BCUT2D eigenvalue weighted by molar-refractivity contribution is 5.91. The van der Waals surface area contributed by atoms with Gasteiger partial charge in [-0.05, 0) is 25.1 Å².